The largest absolute Gasteiger partial charge is 0.508 e. The lowest BCUT2D eigenvalue weighted by Gasteiger charge is -2.54. The number of anilines is 1. The van der Waals surface area contributed by atoms with Crippen LogP contribution in [0.3, 0.4) is 0 Å². The van der Waals surface area contributed by atoms with Gasteiger partial charge in [0, 0.05) is 35.3 Å². The summed E-state index contributed by atoms with van der Waals surface area (Å²) in [6, 6.07) is 17.4. The molecule has 106 heavy (non-hydrogen) atoms. The van der Waals surface area contributed by atoms with Gasteiger partial charge in [0.25, 0.3) is 5.91 Å². The van der Waals surface area contributed by atoms with E-state index in [9.17, 15) is 55.2 Å². The lowest BCUT2D eigenvalue weighted by atomic mass is 9.54. The number of aliphatic hydroxyl groups excluding tert-OH is 1. The Morgan fingerprint density at radius 3 is 1.82 bits per heavy atom. The molecule has 18 rings (SSSR count). The Balaban J connectivity index is 0.859. The molecule has 0 radical (unpaired) electrons. The van der Waals surface area contributed by atoms with E-state index in [0.717, 1.165) is 74.2 Å². The number of carbonyl (C=O) groups is 7. The molecule has 30 heteroatoms. The predicted molar refractivity (Wildman–Crippen MR) is 384 cm³/mol. The Kier molecular flexibility index (Phi) is 18.5. The number of rotatable bonds is 9. The van der Waals surface area contributed by atoms with Gasteiger partial charge in [0.15, 0.2) is 34.2 Å². The number of hydrogen-bond acceptors (Lipinski definition) is 20. The van der Waals surface area contributed by atoms with Crippen molar-refractivity contribution in [3.05, 3.63) is 194 Å². The number of fused-ring (bicyclic) bond motifs is 15. The van der Waals surface area contributed by atoms with Gasteiger partial charge in [-0.05, 0) is 199 Å². The van der Waals surface area contributed by atoms with Crippen molar-refractivity contribution >= 4 is 87.6 Å². The number of carboxylic acids is 1. The quantitative estimate of drug-likeness (QED) is 0.0600. The van der Waals surface area contributed by atoms with Gasteiger partial charge in [-0.1, -0.05) is 65.7 Å². The van der Waals surface area contributed by atoms with Crippen molar-refractivity contribution in [1.82, 2.24) is 37.2 Å². The average molecular weight is 1500 g/mol. The third-order valence-corrected chi connectivity index (χ3v) is 21.7. The average Bonchev–Trinajstić information content (AvgIpc) is 0.949. The summed E-state index contributed by atoms with van der Waals surface area (Å²) in [5, 5.41) is 114. The molecule has 8 aromatic carbocycles. The second-order valence-electron chi connectivity index (χ2n) is 27.7. The van der Waals surface area contributed by atoms with E-state index in [2.05, 4.69) is 37.2 Å². The molecule has 544 valence electrons. The fourth-order valence-electron chi connectivity index (χ4n) is 16.0. The highest BCUT2D eigenvalue weighted by Crippen LogP contribution is 2.55. The molecule has 5 fully saturated rings. The van der Waals surface area contributed by atoms with Gasteiger partial charge in [-0.25, -0.2) is 4.79 Å². The number of amides is 6. The van der Waals surface area contributed by atoms with E-state index >= 15 is 19.2 Å². The molecule has 1 saturated heterocycles. The topological polar surface area (TPSA) is 422 Å². The third kappa shape index (κ3) is 13.3. The van der Waals surface area contributed by atoms with Gasteiger partial charge in [-0.3, -0.25) is 33.7 Å². The number of aliphatic hydroxyl groups is 1. The van der Waals surface area contributed by atoms with Crippen LogP contribution >= 0.6 is 35.4 Å². The van der Waals surface area contributed by atoms with Crippen molar-refractivity contribution in [2.45, 2.75) is 99.5 Å². The van der Waals surface area contributed by atoms with Crippen LogP contribution in [0.1, 0.15) is 113 Å². The molecule has 6 amide bonds. The number of carboxylic acid groups (broad SMARTS) is 1. The normalized spacial score (nSPS) is 25.4. The summed E-state index contributed by atoms with van der Waals surface area (Å²) in [4.78, 5) is 106. The lowest BCUT2D eigenvalue weighted by molar-refractivity contribution is -0.143. The van der Waals surface area contributed by atoms with Gasteiger partial charge in [-0.15, -0.1) is 0 Å². The van der Waals surface area contributed by atoms with Crippen LogP contribution in [0.2, 0.25) is 10.0 Å². The van der Waals surface area contributed by atoms with Gasteiger partial charge in [0.2, 0.25) is 35.3 Å². The number of benzene rings is 8. The SMILES string of the molecule is N[C@@H]1Cc2ccc(c(Cl)c2)Oc2cc3cc(c2O)Oc2ccc(cc2Cl)[C@@H](O)[C@@H]2NC(=O)[C@H](NC(=O)[C@@H]3NC(=O)C(c3cc(O)cc(Oc4cc(C5NC(=S)N(c6ccccc6)C5=O)ccc4O)c3)NC1=O)c1ccc(O)c(c1)-c1c(cc(O)c(CNC3C4CC5CC(C4)CC3C5)c1O)[C@@H](C(=O)O)NC2=O. The molecule has 8 aromatic rings. The lowest BCUT2D eigenvalue weighted by Crippen LogP contribution is -2.55. The highest BCUT2D eigenvalue weighted by Gasteiger charge is 2.49. The van der Waals surface area contributed by atoms with Gasteiger partial charge in [0.05, 0.1) is 27.3 Å². The van der Waals surface area contributed by atoms with Crippen LogP contribution in [0, 0.1) is 23.7 Å². The van der Waals surface area contributed by atoms with Crippen molar-refractivity contribution in [3.8, 4) is 80.1 Å². The van der Waals surface area contributed by atoms with Crippen LogP contribution in [-0.2, 0) is 46.5 Å². The second-order valence-corrected chi connectivity index (χ2v) is 28.9. The number of carbonyl (C=O) groups excluding carboxylic acids is 6. The molecule has 6 aliphatic heterocycles. The minimum atomic E-state index is -2.21. The Morgan fingerprint density at radius 1 is 0.575 bits per heavy atom. The van der Waals surface area contributed by atoms with Crippen molar-refractivity contribution in [3.63, 3.8) is 0 Å². The Morgan fingerprint density at radius 2 is 1.17 bits per heavy atom. The summed E-state index contributed by atoms with van der Waals surface area (Å²) in [6.45, 7) is -0.146. The number of halogens is 2. The summed E-state index contributed by atoms with van der Waals surface area (Å²) >= 11 is 19.4. The molecule has 4 aliphatic carbocycles. The van der Waals surface area contributed by atoms with Gasteiger partial charge >= 0.3 is 5.97 Å². The number of aliphatic carboxylic acids is 1. The highest BCUT2D eigenvalue weighted by atomic mass is 35.5. The van der Waals surface area contributed by atoms with E-state index < -0.39 is 147 Å². The zero-order chi connectivity index (χ0) is 74.4. The maximum Gasteiger partial charge on any atom is 0.330 e. The fraction of sp³-hybridized carbons (Fsp3) is 0.263. The van der Waals surface area contributed by atoms with E-state index in [-0.39, 0.29) is 96.1 Å². The van der Waals surface area contributed by atoms with Gasteiger partial charge < -0.3 is 98.0 Å². The zero-order valence-corrected chi connectivity index (χ0v) is 57.9. The van der Waals surface area contributed by atoms with Crippen molar-refractivity contribution in [2.75, 3.05) is 4.90 Å². The van der Waals surface area contributed by atoms with Crippen LogP contribution < -0.4 is 62.1 Å². The maximum atomic E-state index is 16.1. The third-order valence-electron chi connectivity index (χ3n) is 20.8. The van der Waals surface area contributed by atoms with E-state index in [4.69, 9.17) is 55.4 Å². The van der Waals surface area contributed by atoms with E-state index in [0.29, 0.717) is 34.9 Å². The van der Waals surface area contributed by atoms with Crippen LogP contribution in [0.25, 0.3) is 11.1 Å². The molecule has 27 nitrogen and oxygen atoms in total. The monoisotopic (exact) mass is 1500 g/mol. The van der Waals surface area contributed by atoms with E-state index in [1.807, 2.05) is 0 Å². The van der Waals surface area contributed by atoms with Crippen LogP contribution in [0.5, 0.6) is 69.0 Å². The number of nitrogens with two attached hydrogens (primary N) is 1. The first-order valence-corrected chi connectivity index (χ1v) is 35.1. The highest BCUT2D eigenvalue weighted by molar-refractivity contribution is 7.80. The molecule has 0 spiro atoms. The number of aromatic hydroxyl groups is 6. The first-order chi connectivity index (χ1) is 50.8. The molecule has 4 saturated carbocycles. The molecular weight excluding hydrogens is 1430 g/mol. The Hall–Kier alpha value is -11.4. The predicted octanol–water partition coefficient (Wildman–Crippen LogP) is 8.69. The van der Waals surface area contributed by atoms with Crippen molar-refractivity contribution in [2.24, 2.45) is 29.4 Å². The van der Waals surface area contributed by atoms with E-state index in [1.54, 1.807) is 30.3 Å². The van der Waals surface area contributed by atoms with E-state index in [1.165, 1.54) is 72.0 Å². The minimum absolute atomic E-state index is 0.00778. The van der Waals surface area contributed by atoms with Crippen LogP contribution in [0.4, 0.5) is 5.69 Å². The first-order valence-electron chi connectivity index (χ1n) is 34.0. The number of phenols is 6. The van der Waals surface area contributed by atoms with Crippen molar-refractivity contribution in [1.29, 1.82) is 0 Å². The summed E-state index contributed by atoms with van der Waals surface area (Å²) in [5.74, 6) is -12.2. The Bertz CT molecular complexity index is 5000. The summed E-state index contributed by atoms with van der Waals surface area (Å²) < 4.78 is 18.8. The van der Waals surface area contributed by atoms with Gasteiger partial charge in [0.1, 0.15) is 76.6 Å². The number of phenolic OH excluding ortho intramolecular Hbond substituents is 6. The molecular formula is C76H67Cl2N9O18S. The number of nitrogens with one attached hydrogen (secondary N) is 7. The number of para-hydroxylation sites is 1. The van der Waals surface area contributed by atoms with Crippen LogP contribution in [0.15, 0.2) is 140 Å². The smallest absolute Gasteiger partial charge is 0.330 e. The van der Waals surface area contributed by atoms with Crippen LogP contribution in [-0.4, -0.2) is 106 Å². The number of ether oxygens (including phenoxy) is 3. The standard InChI is InChI=1S/C76H67Cl2N9O18S/c77-47-19-31-6-12-53(47)104-56-26-40-27-57(68(56)94)105-54-13-9-36(24-48(54)78)66(92)65-73(99)84-64(75(101)102)45-29-52(91)46(30-80-59-37-15-32-14-33(17-37)18-38(59)16-32)67(93)58(45)44-23-34(7-10-50(44)89)60(70(96)85-65)82-72(98)62(40)83-71(97)61(81-69(95)49(79)20-31)39-21-42(88)28-43(22-39)103-55-25-35(8-11-51(55)90)63-74(100)87(76(106)86-63)41-4-2-1-3-5-41/h1-13,19,21-29,32-33,37-38,49,59-66,80,88-94H,14-18,20,30,79H2,(H,81,95)(H,82,98)(H,83,97)(H,84,99)(H,85,96)(H,86,106)(H,101,102)/t32?,33?,37?,38?,49-,59?,60-,61?,62-,63?,64+,65+,66-/m1/s1. The van der Waals surface area contributed by atoms with Crippen molar-refractivity contribution < 1.29 is 88.6 Å². The molecule has 6 heterocycles. The number of thiocarbonyl (C=S) groups is 1. The number of nitrogens with zero attached hydrogens (tertiary/aromatic N) is 1. The summed E-state index contributed by atoms with van der Waals surface area (Å²) in [5.41, 5.74) is 5.34. The second kappa shape index (κ2) is 27.9. The van der Waals surface area contributed by atoms with Gasteiger partial charge in [-0.2, -0.15) is 0 Å². The summed E-state index contributed by atoms with van der Waals surface area (Å²) in [7, 11) is 0. The minimum Gasteiger partial charge on any atom is -0.508 e. The fourth-order valence-corrected chi connectivity index (χ4v) is 16.7. The molecule has 10 aliphatic rings. The zero-order valence-electron chi connectivity index (χ0n) is 55.6. The molecule has 2 unspecified atom stereocenters. The molecule has 8 atom stereocenters. The number of hydrogen-bond donors (Lipinski definition) is 16. The Labute approximate surface area is 618 Å². The molecule has 15 bridgehead atoms. The molecule has 17 N–H and O–H groups in total. The maximum absolute atomic E-state index is 16.1. The summed E-state index contributed by atoms with van der Waals surface area (Å²) in [6.07, 6.45) is 2.85. The first kappa shape index (κ1) is 70.3. The molecule has 0 aromatic heterocycles.